The van der Waals surface area contributed by atoms with Gasteiger partial charge in [0, 0.05) is 24.0 Å². The third kappa shape index (κ3) is 2.69. The molecule has 0 saturated heterocycles. The number of nitriles is 1. The Morgan fingerprint density at radius 3 is 2.42 bits per heavy atom. The molecule has 6 nitrogen and oxygen atoms in total. The quantitative estimate of drug-likeness (QED) is 0.707. The van der Waals surface area contributed by atoms with Gasteiger partial charge in [-0.3, -0.25) is 0 Å². The number of rotatable bonds is 2. The molecule has 6 heteroatoms. The zero-order valence-electron chi connectivity index (χ0n) is 13.2. The summed E-state index contributed by atoms with van der Waals surface area (Å²) in [4.78, 5) is 7.08. The van der Waals surface area contributed by atoms with Gasteiger partial charge in [-0.25, -0.2) is 4.98 Å². The molecule has 3 N–H and O–H groups in total. The molecule has 3 rings (SSSR count). The van der Waals surface area contributed by atoms with Gasteiger partial charge in [-0.1, -0.05) is 11.8 Å². The Bertz CT molecular complexity index is 997. The largest absolute Gasteiger partial charge is 0.497 e. The highest BCUT2D eigenvalue weighted by atomic mass is 16.5. The fraction of sp³-hybridized carbons (Fsp3) is 0.111. The van der Waals surface area contributed by atoms with Crippen molar-refractivity contribution >= 4 is 16.7 Å². The smallest absolute Gasteiger partial charge is 0.134 e. The summed E-state index contributed by atoms with van der Waals surface area (Å²) in [5.41, 5.74) is 8.41. The number of fused-ring (bicyclic) bond motifs is 1. The molecular formula is C18H14N4O2. The van der Waals surface area contributed by atoms with Crippen LogP contribution in [0.1, 0.15) is 16.7 Å². The van der Waals surface area contributed by atoms with Crippen molar-refractivity contribution in [1.29, 1.82) is 5.26 Å². The molecule has 0 unspecified atom stereocenters. The maximum absolute atomic E-state index is 9.14. The van der Waals surface area contributed by atoms with Crippen LogP contribution in [0.3, 0.4) is 0 Å². The summed E-state index contributed by atoms with van der Waals surface area (Å²) in [6, 6.07) is 7.48. The van der Waals surface area contributed by atoms with Gasteiger partial charge in [0.25, 0.3) is 0 Å². The van der Waals surface area contributed by atoms with E-state index in [1.165, 1.54) is 6.20 Å². The van der Waals surface area contributed by atoms with Crippen LogP contribution in [0.15, 0.2) is 30.6 Å². The number of benzene rings is 1. The number of hydrogen-bond acceptors (Lipinski definition) is 5. The summed E-state index contributed by atoms with van der Waals surface area (Å²) in [6.07, 6.45) is 3.16. The number of methoxy groups -OCH3 is 2. The second-order valence-corrected chi connectivity index (χ2v) is 4.97. The van der Waals surface area contributed by atoms with Gasteiger partial charge in [0.1, 0.15) is 23.4 Å². The Morgan fingerprint density at radius 1 is 1.08 bits per heavy atom. The van der Waals surface area contributed by atoms with Crippen LogP contribution in [-0.4, -0.2) is 24.2 Å². The second kappa shape index (κ2) is 6.23. The van der Waals surface area contributed by atoms with Crippen LogP contribution >= 0.6 is 0 Å². The first-order valence-corrected chi connectivity index (χ1v) is 7.07. The Kier molecular flexibility index (Phi) is 3.96. The number of pyridine rings is 1. The van der Waals surface area contributed by atoms with Crippen molar-refractivity contribution in [3.05, 3.63) is 47.3 Å². The molecule has 24 heavy (non-hydrogen) atoms. The number of H-pyrrole nitrogens is 1. The van der Waals surface area contributed by atoms with Gasteiger partial charge >= 0.3 is 0 Å². The van der Waals surface area contributed by atoms with Crippen molar-refractivity contribution in [1.82, 2.24) is 9.97 Å². The normalized spacial score (nSPS) is 9.88. The lowest BCUT2D eigenvalue weighted by atomic mass is 10.1. The zero-order valence-corrected chi connectivity index (χ0v) is 13.2. The van der Waals surface area contributed by atoms with E-state index >= 15 is 0 Å². The van der Waals surface area contributed by atoms with Crippen molar-refractivity contribution in [3.63, 3.8) is 0 Å². The number of nitrogens with two attached hydrogens (primary N) is 1. The molecule has 3 aromatic rings. The molecule has 0 atom stereocenters. The molecule has 0 fully saturated rings. The third-order valence-corrected chi connectivity index (χ3v) is 3.55. The van der Waals surface area contributed by atoms with Crippen molar-refractivity contribution in [2.24, 2.45) is 0 Å². The lowest BCUT2D eigenvalue weighted by Crippen LogP contribution is -1.93. The van der Waals surface area contributed by atoms with E-state index in [-0.39, 0.29) is 0 Å². The van der Waals surface area contributed by atoms with Crippen LogP contribution in [0.5, 0.6) is 11.5 Å². The van der Waals surface area contributed by atoms with Gasteiger partial charge in [-0.2, -0.15) is 5.26 Å². The number of aromatic amines is 1. The Labute approximate surface area is 138 Å². The fourth-order valence-electron chi connectivity index (χ4n) is 2.37. The van der Waals surface area contributed by atoms with Crippen LogP contribution in [0.25, 0.3) is 10.9 Å². The van der Waals surface area contributed by atoms with Gasteiger partial charge in [-0.05, 0) is 12.1 Å². The summed E-state index contributed by atoms with van der Waals surface area (Å²) in [7, 11) is 3.17. The highest BCUT2D eigenvalue weighted by Gasteiger charge is 2.10. The van der Waals surface area contributed by atoms with E-state index in [0.717, 1.165) is 5.56 Å². The van der Waals surface area contributed by atoms with Crippen LogP contribution in [-0.2, 0) is 0 Å². The summed E-state index contributed by atoms with van der Waals surface area (Å²) < 4.78 is 10.5. The van der Waals surface area contributed by atoms with Crippen molar-refractivity contribution in [2.75, 3.05) is 20.0 Å². The zero-order chi connectivity index (χ0) is 17.1. The van der Waals surface area contributed by atoms with Crippen LogP contribution in [0.4, 0.5) is 5.82 Å². The fourth-order valence-corrected chi connectivity index (χ4v) is 2.37. The molecule has 0 radical (unpaired) electrons. The summed E-state index contributed by atoms with van der Waals surface area (Å²) >= 11 is 0. The van der Waals surface area contributed by atoms with E-state index in [4.69, 9.17) is 20.5 Å². The number of aromatic nitrogens is 2. The monoisotopic (exact) mass is 318 g/mol. The van der Waals surface area contributed by atoms with Crippen LogP contribution in [0.2, 0.25) is 0 Å². The summed E-state index contributed by atoms with van der Waals surface area (Å²) in [5, 5.41) is 9.79. The molecule has 0 saturated carbocycles. The van der Waals surface area contributed by atoms with Crippen LogP contribution < -0.4 is 15.2 Å². The highest BCUT2D eigenvalue weighted by Crippen LogP contribution is 2.25. The first-order chi connectivity index (χ1) is 11.7. The number of nitrogens with zero attached hydrogens (tertiary/aromatic N) is 2. The molecule has 0 aliphatic rings. The van der Waals surface area contributed by atoms with Crippen molar-refractivity contribution in [2.45, 2.75) is 0 Å². The average molecular weight is 318 g/mol. The maximum atomic E-state index is 9.14. The maximum Gasteiger partial charge on any atom is 0.134 e. The van der Waals surface area contributed by atoms with Gasteiger partial charge in [-0.15, -0.1) is 0 Å². The first kappa shape index (κ1) is 15.3. The molecule has 2 heterocycles. The molecule has 2 aromatic heterocycles. The summed E-state index contributed by atoms with van der Waals surface area (Å²) in [5.74, 6) is 7.76. The Hall–Kier alpha value is -3.64. The number of ether oxygens (including phenoxy) is 2. The molecule has 118 valence electrons. The molecule has 0 spiro atoms. The van der Waals surface area contributed by atoms with E-state index in [1.807, 2.05) is 12.1 Å². The van der Waals surface area contributed by atoms with Crippen molar-refractivity contribution in [3.8, 4) is 29.4 Å². The van der Waals surface area contributed by atoms with E-state index in [0.29, 0.717) is 39.3 Å². The number of anilines is 1. The lowest BCUT2D eigenvalue weighted by Gasteiger charge is -2.04. The van der Waals surface area contributed by atoms with E-state index in [9.17, 15) is 0 Å². The molecule has 0 bridgehead atoms. The predicted octanol–water partition coefficient (Wildman–Crippen LogP) is 2.43. The predicted molar refractivity (Wildman–Crippen MR) is 90.7 cm³/mol. The Balaban J connectivity index is 2.10. The van der Waals surface area contributed by atoms with Gasteiger partial charge in [0.05, 0.1) is 36.2 Å². The van der Waals surface area contributed by atoms with E-state index in [2.05, 4.69) is 27.9 Å². The molecule has 1 aromatic carbocycles. The van der Waals surface area contributed by atoms with E-state index < -0.39 is 0 Å². The molecular weight excluding hydrogens is 304 g/mol. The van der Waals surface area contributed by atoms with Crippen molar-refractivity contribution < 1.29 is 9.47 Å². The minimum absolute atomic E-state index is 0.331. The Morgan fingerprint density at radius 2 is 1.79 bits per heavy atom. The highest BCUT2D eigenvalue weighted by molar-refractivity contribution is 5.97. The molecule has 0 aliphatic heterocycles. The number of nitrogens with one attached hydrogen (secondary N) is 1. The lowest BCUT2D eigenvalue weighted by molar-refractivity contribution is 0.394. The minimum atomic E-state index is 0.331. The summed E-state index contributed by atoms with van der Waals surface area (Å²) in [6.45, 7) is 0. The van der Waals surface area contributed by atoms with Gasteiger partial charge in [0.15, 0.2) is 0 Å². The minimum Gasteiger partial charge on any atom is -0.497 e. The van der Waals surface area contributed by atoms with Gasteiger partial charge < -0.3 is 20.2 Å². The second-order valence-electron chi connectivity index (χ2n) is 4.97. The molecule has 0 amide bonds. The average Bonchev–Trinajstić information content (AvgIpc) is 3.05. The van der Waals surface area contributed by atoms with Gasteiger partial charge in [0.2, 0.25) is 0 Å². The molecule has 0 aliphatic carbocycles. The van der Waals surface area contributed by atoms with Crippen LogP contribution in [0, 0.1) is 23.2 Å². The first-order valence-electron chi connectivity index (χ1n) is 7.07. The third-order valence-electron chi connectivity index (χ3n) is 3.55. The standard InChI is InChI=1S/C18H14N4O2/c1-23-14-5-11(6-15(7-14)24-2)3-4-12-9-21-17-13(8-19)10-22-18(20)16(12)17/h5-7,9-10,21H,1-2H3,(H2,20,22). The topological polar surface area (TPSA) is 97.0 Å². The van der Waals surface area contributed by atoms with E-state index in [1.54, 1.807) is 26.5 Å². The SMILES string of the molecule is COc1cc(C#Cc2c[nH]c3c(C#N)cnc(N)c23)cc(OC)c1. The number of hydrogen-bond donors (Lipinski definition) is 2. The number of nitrogen functional groups attached to an aromatic ring is 1.